The number of thiocarbonyl (C=S) groups is 1. The van der Waals surface area contributed by atoms with Crippen molar-refractivity contribution in [2.24, 2.45) is 0 Å². The van der Waals surface area contributed by atoms with Crippen molar-refractivity contribution in [3.05, 3.63) is 45.2 Å². The number of pyridine rings is 1. The Morgan fingerprint density at radius 3 is 2.84 bits per heavy atom. The highest BCUT2D eigenvalue weighted by atomic mass is 32.1. The number of ether oxygens (including phenoxy) is 1. The second kappa shape index (κ2) is 7.97. The SMILES string of the molecule is Cc1cc2cc(CCNC(=S)NC[C@H]3CCCO3)c(=O)[nH]c2cc1C. The number of hydrogen-bond acceptors (Lipinski definition) is 3. The standard InChI is InChI=1S/C19H25N3O2S/c1-12-8-15-10-14(18(23)22-17(15)9-13(12)2)5-6-20-19(25)21-11-16-4-3-7-24-16/h8-10,16H,3-7,11H2,1-2H3,(H,22,23)(H2,20,21,25)/t16-/m1/s1. The molecule has 1 fully saturated rings. The van der Waals surface area contributed by atoms with Crippen molar-refractivity contribution < 1.29 is 4.74 Å². The van der Waals surface area contributed by atoms with Crippen molar-refractivity contribution in [3.8, 4) is 0 Å². The lowest BCUT2D eigenvalue weighted by atomic mass is 10.0. The average Bonchev–Trinajstić information content (AvgIpc) is 3.09. The van der Waals surface area contributed by atoms with Crippen LogP contribution in [0, 0.1) is 13.8 Å². The number of aryl methyl sites for hydroxylation is 2. The van der Waals surface area contributed by atoms with Gasteiger partial charge in [-0.1, -0.05) is 0 Å². The maximum absolute atomic E-state index is 12.3. The molecular formula is C19H25N3O2S. The smallest absolute Gasteiger partial charge is 0.251 e. The Kier molecular flexibility index (Phi) is 5.71. The fourth-order valence-electron chi connectivity index (χ4n) is 3.09. The minimum atomic E-state index is -0.0317. The minimum Gasteiger partial charge on any atom is -0.376 e. The summed E-state index contributed by atoms with van der Waals surface area (Å²) < 4.78 is 5.56. The van der Waals surface area contributed by atoms with Crippen LogP contribution in [0.2, 0.25) is 0 Å². The van der Waals surface area contributed by atoms with E-state index in [-0.39, 0.29) is 11.7 Å². The first-order valence-electron chi connectivity index (χ1n) is 8.79. The van der Waals surface area contributed by atoms with E-state index in [9.17, 15) is 4.79 Å². The first-order chi connectivity index (χ1) is 12.0. The first kappa shape index (κ1) is 17.9. The zero-order valence-electron chi connectivity index (χ0n) is 14.8. The van der Waals surface area contributed by atoms with Gasteiger partial charge in [0, 0.05) is 30.8 Å². The summed E-state index contributed by atoms with van der Waals surface area (Å²) in [5, 5.41) is 8.02. The van der Waals surface area contributed by atoms with Crippen LogP contribution in [0.15, 0.2) is 23.0 Å². The van der Waals surface area contributed by atoms with E-state index in [1.54, 1.807) is 0 Å². The van der Waals surface area contributed by atoms with Crippen LogP contribution in [0.3, 0.4) is 0 Å². The Labute approximate surface area is 153 Å². The third kappa shape index (κ3) is 4.58. The highest BCUT2D eigenvalue weighted by Crippen LogP contribution is 2.17. The summed E-state index contributed by atoms with van der Waals surface area (Å²) in [6.07, 6.45) is 3.09. The molecule has 1 saturated heterocycles. The van der Waals surface area contributed by atoms with Gasteiger partial charge in [0.25, 0.3) is 5.56 Å². The zero-order valence-corrected chi connectivity index (χ0v) is 15.6. The van der Waals surface area contributed by atoms with Crippen molar-refractivity contribution >= 4 is 28.2 Å². The van der Waals surface area contributed by atoms with E-state index in [0.717, 1.165) is 42.5 Å². The number of aromatic nitrogens is 1. The monoisotopic (exact) mass is 359 g/mol. The highest BCUT2D eigenvalue weighted by Gasteiger charge is 2.15. The van der Waals surface area contributed by atoms with Gasteiger partial charge in [0.05, 0.1) is 6.10 Å². The molecular weight excluding hydrogens is 334 g/mol. The van der Waals surface area contributed by atoms with E-state index in [1.807, 2.05) is 12.1 Å². The van der Waals surface area contributed by atoms with E-state index in [0.29, 0.717) is 18.1 Å². The van der Waals surface area contributed by atoms with Gasteiger partial charge in [-0.15, -0.1) is 0 Å². The van der Waals surface area contributed by atoms with E-state index in [4.69, 9.17) is 17.0 Å². The number of aromatic amines is 1. The molecule has 0 amide bonds. The lowest BCUT2D eigenvalue weighted by Crippen LogP contribution is -2.40. The van der Waals surface area contributed by atoms with E-state index in [2.05, 4.69) is 35.5 Å². The van der Waals surface area contributed by atoms with Crippen LogP contribution in [-0.2, 0) is 11.2 Å². The molecule has 0 unspecified atom stereocenters. The van der Waals surface area contributed by atoms with Gasteiger partial charge in [0.15, 0.2) is 5.11 Å². The van der Waals surface area contributed by atoms with Crippen molar-refractivity contribution in [3.63, 3.8) is 0 Å². The first-order valence-corrected chi connectivity index (χ1v) is 9.20. The molecule has 1 aliphatic rings. The van der Waals surface area contributed by atoms with E-state index >= 15 is 0 Å². The van der Waals surface area contributed by atoms with Crippen molar-refractivity contribution in [2.45, 2.75) is 39.2 Å². The van der Waals surface area contributed by atoms with Crippen LogP contribution in [0.5, 0.6) is 0 Å². The van der Waals surface area contributed by atoms with Gasteiger partial charge >= 0.3 is 0 Å². The molecule has 0 radical (unpaired) electrons. The Hall–Kier alpha value is -1.92. The predicted octanol–water partition coefficient (Wildman–Crippen LogP) is 2.33. The van der Waals surface area contributed by atoms with Crippen LogP contribution in [0.1, 0.15) is 29.5 Å². The molecule has 5 nitrogen and oxygen atoms in total. The van der Waals surface area contributed by atoms with Crippen molar-refractivity contribution in [2.75, 3.05) is 19.7 Å². The molecule has 1 aromatic heterocycles. The molecule has 134 valence electrons. The van der Waals surface area contributed by atoms with Gasteiger partial charge in [-0.3, -0.25) is 4.79 Å². The van der Waals surface area contributed by atoms with Gasteiger partial charge in [-0.25, -0.2) is 0 Å². The van der Waals surface area contributed by atoms with Crippen LogP contribution < -0.4 is 16.2 Å². The normalized spacial score (nSPS) is 17.0. The molecule has 0 aliphatic carbocycles. The van der Waals surface area contributed by atoms with E-state index in [1.165, 1.54) is 11.1 Å². The molecule has 3 N–H and O–H groups in total. The number of fused-ring (bicyclic) bond motifs is 1. The van der Waals surface area contributed by atoms with Gasteiger partial charge in [0.2, 0.25) is 0 Å². The lowest BCUT2D eigenvalue weighted by Gasteiger charge is -2.14. The van der Waals surface area contributed by atoms with Gasteiger partial charge < -0.3 is 20.4 Å². The Morgan fingerprint density at radius 1 is 1.28 bits per heavy atom. The molecule has 0 saturated carbocycles. The number of H-pyrrole nitrogens is 1. The average molecular weight is 359 g/mol. The fraction of sp³-hybridized carbons (Fsp3) is 0.474. The van der Waals surface area contributed by atoms with Crippen LogP contribution >= 0.6 is 12.2 Å². The third-order valence-electron chi connectivity index (χ3n) is 4.73. The molecule has 1 aliphatic heterocycles. The molecule has 0 spiro atoms. The summed E-state index contributed by atoms with van der Waals surface area (Å²) >= 11 is 5.28. The lowest BCUT2D eigenvalue weighted by molar-refractivity contribution is 0.114. The molecule has 1 atom stereocenters. The quantitative estimate of drug-likeness (QED) is 0.715. The number of rotatable bonds is 5. The molecule has 1 aromatic carbocycles. The number of benzene rings is 1. The predicted molar refractivity (Wildman–Crippen MR) is 105 cm³/mol. The van der Waals surface area contributed by atoms with Crippen LogP contribution in [0.4, 0.5) is 0 Å². The molecule has 3 rings (SSSR count). The minimum absolute atomic E-state index is 0.0317. The summed E-state index contributed by atoms with van der Waals surface area (Å²) in [6.45, 7) is 6.34. The molecule has 6 heteroatoms. The Balaban J connectivity index is 1.55. The molecule has 0 bridgehead atoms. The summed E-state index contributed by atoms with van der Waals surface area (Å²) in [6, 6.07) is 6.12. The number of nitrogens with one attached hydrogen (secondary N) is 3. The Morgan fingerprint density at radius 2 is 2.08 bits per heavy atom. The maximum atomic E-state index is 12.3. The number of hydrogen-bond donors (Lipinski definition) is 3. The second-order valence-electron chi connectivity index (χ2n) is 6.67. The molecule has 2 aromatic rings. The highest BCUT2D eigenvalue weighted by molar-refractivity contribution is 7.80. The van der Waals surface area contributed by atoms with Gasteiger partial charge in [-0.2, -0.15) is 0 Å². The van der Waals surface area contributed by atoms with Crippen LogP contribution in [0.25, 0.3) is 10.9 Å². The Bertz CT molecular complexity index is 825. The van der Waals surface area contributed by atoms with E-state index < -0.39 is 0 Å². The van der Waals surface area contributed by atoms with Crippen molar-refractivity contribution in [1.82, 2.24) is 15.6 Å². The zero-order chi connectivity index (χ0) is 17.8. The fourth-order valence-corrected chi connectivity index (χ4v) is 3.28. The summed E-state index contributed by atoms with van der Waals surface area (Å²) in [4.78, 5) is 15.2. The molecule has 2 heterocycles. The second-order valence-corrected chi connectivity index (χ2v) is 7.08. The summed E-state index contributed by atoms with van der Waals surface area (Å²) in [5.41, 5.74) is 4.03. The maximum Gasteiger partial charge on any atom is 0.251 e. The van der Waals surface area contributed by atoms with Crippen molar-refractivity contribution in [1.29, 1.82) is 0 Å². The third-order valence-corrected chi connectivity index (χ3v) is 5.02. The van der Waals surface area contributed by atoms with Gasteiger partial charge in [-0.05, 0) is 80.0 Å². The summed E-state index contributed by atoms with van der Waals surface area (Å²) in [7, 11) is 0. The largest absolute Gasteiger partial charge is 0.376 e. The van der Waals surface area contributed by atoms with Crippen LogP contribution in [-0.4, -0.2) is 35.9 Å². The van der Waals surface area contributed by atoms with Gasteiger partial charge in [0.1, 0.15) is 0 Å². The summed E-state index contributed by atoms with van der Waals surface area (Å²) in [5.74, 6) is 0. The topological polar surface area (TPSA) is 66.2 Å². The molecule has 25 heavy (non-hydrogen) atoms.